The summed E-state index contributed by atoms with van der Waals surface area (Å²) in [5.41, 5.74) is 0. The van der Waals surface area contributed by atoms with E-state index in [1.165, 1.54) is 13.5 Å². The monoisotopic (exact) mass is 298 g/mol. The van der Waals surface area contributed by atoms with Crippen LogP contribution < -0.4 is 0 Å². The van der Waals surface area contributed by atoms with Gasteiger partial charge in [-0.05, 0) is 25.2 Å². The van der Waals surface area contributed by atoms with Crippen LogP contribution in [0.15, 0.2) is 0 Å². The lowest BCUT2D eigenvalue weighted by atomic mass is 9.79. The Bertz CT molecular complexity index is 327. The zero-order valence-electron chi connectivity index (χ0n) is 13.7. The molecule has 0 aromatic rings. The van der Waals surface area contributed by atoms with Gasteiger partial charge in [-0.1, -0.05) is 46.0 Å². The van der Waals surface area contributed by atoms with Crippen molar-refractivity contribution in [2.24, 2.45) is 17.8 Å². The summed E-state index contributed by atoms with van der Waals surface area (Å²) in [6, 6.07) is 0. The molecule has 3 unspecified atom stereocenters. The van der Waals surface area contributed by atoms with Crippen LogP contribution in [0.1, 0.15) is 65.2 Å². The fraction of sp³-hybridized carbons (Fsp3) is 0.882. The van der Waals surface area contributed by atoms with Crippen LogP contribution in [-0.2, 0) is 19.1 Å². The molecule has 4 nitrogen and oxygen atoms in total. The molecule has 0 heterocycles. The highest BCUT2D eigenvalue weighted by molar-refractivity contribution is 5.82. The summed E-state index contributed by atoms with van der Waals surface area (Å²) in [7, 11) is 1.39. The van der Waals surface area contributed by atoms with E-state index in [1.54, 1.807) is 0 Å². The number of carbonyl (C=O) groups excluding carboxylic acids is 2. The Morgan fingerprint density at radius 2 is 1.71 bits per heavy atom. The molecule has 0 radical (unpaired) electrons. The van der Waals surface area contributed by atoms with Gasteiger partial charge < -0.3 is 9.47 Å². The van der Waals surface area contributed by atoms with Crippen LogP contribution >= 0.6 is 0 Å². The van der Waals surface area contributed by atoms with Crippen LogP contribution in [0.2, 0.25) is 0 Å². The Kier molecular flexibility index (Phi) is 8.40. The summed E-state index contributed by atoms with van der Waals surface area (Å²) in [4.78, 5) is 24.1. The number of hydrogen-bond acceptors (Lipinski definition) is 4. The molecular formula is C17H30O4. The second kappa shape index (κ2) is 9.80. The van der Waals surface area contributed by atoms with Crippen molar-refractivity contribution in [1.82, 2.24) is 0 Å². The molecule has 0 saturated heterocycles. The van der Waals surface area contributed by atoms with Crippen LogP contribution in [0, 0.1) is 17.8 Å². The lowest BCUT2D eigenvalue weighted by molar-refractivity contribution is -0.162. The molecule has 0 aromatic heterocycles. The lowest BCUT2D eigenvalue weighted by Gasteiger charge is -2.28. The van der Waals surface area contributed by atoms with Crippen LogP contribution in [0.3, 0.4) is 0 Å². The Morgan fingerprint density at radius 1 is 1.10 bits per heavy atom. The average Bonchev–Trinajstić information content (AvgIpc) is 2.54. The molecule has 0 bridgehead atoms. The predicted octanol–water partition coefficient (Wildman–Crippen LogP) is 3.73. The zero-order valence-corrected chi connectivity index (χ0v) is 13.7. The first-order valence-electron chi connectivity index (χ1n) is 8.38. The first-order valence-corrected chi connectivity index (χ1v) is 8.38. The molecule has 1 aliphatic carbocycles. The molecule has 122 valence electrons. The van der Waals surface area contributed by atoms with Crippen LogP contribution in [0.25, 0.3) is 0 Å². The van der Waals surface area contributed by atoms with Gasteiger partial charge in [-0.25, -0.2) is 0 Å². The van der Waals surface area contributed by atoms with E-state index in [-0.39, 0.29) is 23.8 Å². The Labute approximate surface area is 128 Å². The summed E-state index contributed by atoms with van der Waals surface area (Å²) in [6.07, 6.45) is 7.91. The van der Waals surface area contributed by atoms with Crippen molar-refractivity contribution in [3.8, 4) is 0 Å². The van der Waals surface area contributed by atoms with Crippen molar-refractivity contribution in [3.63, 3.8) is 0 Å². The highest BCUT2D eigenvalue weighted by atomic mass is 16.5. The number of unbranched alkanes of at least 4 members (excludes halogenated alkanes) is 1. The molecule has 3 atom stereocenters. The Morgan fingerprint density at radius 3 is 2.24 bits per heavy atom. The minimum Gasteiger partial charge on any atom is -0.469 e. The molecule has 0 N–H and O–H groups in total. The SMILES string of the molecule is CCCCC(CC)COC(=O)C1CCCCC1C(=O)OC. The van der Waals surface area contributed by atoms with Crippen molar-refractivity contribution >= 4 is 11.9 Å². The fourth-order valence-electron chi connectivity index (χ4n) is 3.05. The van der Waals surface area contributed by atoms with Gasteiger partial charge in [0, 0.05) is 0 Å². The topological polar surface area (TPSA) is 52.6 Å². The summed E-state index contributed by atoms with van der Waals surface area (Å²) in [5.74, 6) is -0.661. The lowest BCUT2D eigenvalue weighted by Crippen LogP contribution is -2.35. The highest BCUT2D eigenvalue weighted by Gasteiger charge is 2.37. The summed E-state index contributed by atoms with van der Waals surface area (Å²) >= 11 is 0. The molecule has 1 rings (SSSR count). The van der Waals surface area contributed by atoms with Crippen molar-refractivity contribution in [1.29, 1.82) is 0 Å². The number of rotatable bonds is 8. The molecule has 4 heteroatoms. The number of hydrogen-bond donors (Lipinski definition) is 0. The van der Waals surface area contributed by atoms with E-state index in [0.29, 0.717) is 12.5 Å². The van der Waals surface area contributed by atoms with Gasteiger partial charge in [0.15, 0.2) is 0 Å². The van der Waals surface area contributed by atoms with Gasteiger partial charge in [0.1, 0.15) is 0 Å². The first-order chi connectivity index (χ1) is 10.1. The van der Waals surface area contributed by atoms with E-state index in [2.05, 4.69) is 13.8 Å². The van der Waals surface area contributed by atoms with Gasteiger partial charge >= 0.3 is 11.9 Å². The van der Waals surface area contributed by atoms with Crippen LogP contribution in [-0.4, -0.2) is 25.7 Å². The third-order valence-electron chi connectivity index (χ3n) is 4.58. The normalized spacial score (nSPS) is 23.4. The molecule has 0 spiro atoms. The van der Waals surface area contributed by atoms with Gasteiger partial charge in [-0.2, -0.15) is 0 Å². The molecule has 1 aliphatic rings. The average molecular weight is 298 g/mol. The van der Waals surface area contributed by atoms with E-state index >= 15 is 0 Å². The smallest absolute Gasteiger partial charge is 0.309 e. The fourth-order valence-corrected chi connectivity index (χ4v) is 3.05. The third-order valence-corrected chi connectivity index (χ3v) is 4.58. The third kappa shape index (κ3) is 5.68. The van der Waals surface area contributed by atoms with Gasteiger partial charge in [0.2, 0.25) is 0 Å². The zero-order chi connectivity index (χ0) is 15.7. The molecule has 21 heavy (non-hydrogen) atoms. The van der Waals surface area contributed by atoms with Gasteiger partial charge in [-0.15, -0.1) is 0 Å². The molecule has 0 amide bonds. The molecule has 0 aromatic carbocycles. The summed E-state index contributed by atoms with van der Waals surface area (Å²) in [5, 5.41) is 0. The highest BCUT2D eigenvalue weighted by Crippen LogP contribution is 2.32. The number of methoxy groups -OCH3 is 1. The standard InChI is InChI=1S/C17H30O4/c1-4-6-9-13(5-2)12-21-17(19)15-11-8-7-10-14(15)16(18)20-3/h13-15H,4-12H2,1-3H3. The van der Waals surface area contributed by atoms with E-state index in [9.17, 15) is 9.59 Å². The second-order valence-electron chi connectivity index (χ2n) is 6.07. The number of carbonyl (C=O) groups is 2. The first kappa shape index (κ1) is 18.0. The Hall–Kier alpha value is -1.06. The molecular weight excluding hydrogens is 268 g/mol. The van der Waals surface area contributed by atoms with E-state index in [4.69, 9.17) is 9.47 Å². The summed E-state index contributed by atoms with van der Waals surface area (Å²) in [6.45, 7) is 4.79. The largest absolute Gasteiger partial charge is 0.469 e. The molecule has 0 aliphatic heterocycles. The van der Waals surface area contributed by atoms with Gasteiger partial charge in [-0.3, -0.25) is 9.59 Å². The van der Waals surface area contributed by atoms with E-state index in [1.807, 2.05) is 0 Å². The van der Waals surface area contributed by atoms with E-state index < -0.39 is 0 Å². The van der Waals surface area contributed by atoms with Crippen molar-refractivity contribution in [2.45, 2.75) is 65.2 Å². The Balaban J connectivity index is 2.49. The quantitative estimate of drug-likeness (QED) is 0.641. The molecule has 1 saturated carbocycles. The maximum Gasteiger partial charge on any atom is 0.309 e. The predicted molar refractivity (Wildman–Crippen MR) is 81.7 cm³/mol. The van der Waals surface area contributed by atoms with Crippen molar-refractivity contribution in [2.75, 3.05) is 13.7 Å². The number of esters is 2. The molecule has 1 fully saturated rings. The van der Waals surface area contributed by atoms with Gasteiger partial charge in [0.05, 0.1) is 25.6 Å². The van der Waals surface area contributed by atoms with Crippen LogP contribution in [0.4, 0.5) is 0 Å². The van der Waals surface area contributed by atoms with E-state index in [0.717, 1.165) is 44.9 Å². The second-order valence-corrected chi connectivity index (χ2v) is 6.07. The minimum absolute atomic E-state index is 0.208. The maximum atomic E-state index is 12.3. The van der Waals surface area contributed by atoms with Gasteiger partial charge in [0.25, 0.3) is 0 Å². The minimum atomic E-state index is -0.313. The number of ether oxygens (including phenoxy) is 2. The maximum absolute atomic E-state index is 12.3. The van der Waals surface area contributed by atoms with Crippen molar-refractivity contribution in [3.05, 3.63) is 0 Å². The summed E-state index contributed by atoms with van der Waals surface area (Å²) < 4.78 is 10.3. The van der Waals surface area contributed by atoms with Crippen molar-refractivity contribution < 1.29 is 19.1 Å². The van der Waals surface area contributed by atoms with Crippen LogP contribution in [0.5, 0.6) is 0 Å².